The zero-order valence-corrected chi connectivity index (χ0v) is 30.9. The van der Waals surface area contributed by atoms with Gasteiger partial charge in [0.1, 0.15) is 35.5 Å². The molecule has 2 aromatic heterocycles. The van der Waals surface area contributed by atoms with E-state index in [1.807, 2.05) is 24.3 Å². The first kappa shape index (κ1) is 38.3. The second-order valence-corrected chi connectivity index (χ2v) is 16.4. The summed E-state index contributed by atoms with van der Waals surface area (Å²) in [6.07, 6.45) is -3.12. The number of rotatable bonds is 4. The molecule has 0 atom stereocenters. The molecule has 3 aromatic rings. The van der Waals surface area contributed by atoms with Gasteiger partial charge in [-0.15, -0.1) is 8.97 Å². The predicted octanol–water partition coefficient (Wildman–Crippen LogP) is 8.42. The minimum Gasteiger partial charge on any atom is -0.414 e. The maximum atomic E-state index is 13.5. The van der Waals surface area contributed by atoms with Gasteiger partial charge in [0, 0.05) is 10.8 Å². The number of hydrogen-bond acceptors (Lipinski definition) is 10. The molecule has 0 saturated heterocycles. The van der Waals surface area contributed by atoms with Crippen LogP contribution >= 0.6 is 0 Å². The van der Waals surface area contributed by atoms with Crippen molar-refractivity contribution in [1.29, 1.82) is 0 Å². The van der Waals surface area contributed by atoms with Gasteiger partial charge in [-0.25, -0.2) is 9.97 Å². The molecule has 1 aromatic carbocycles. The van der Waals surface area contributed by atoms with Gasteiger partial charge in [-0.1, -0.05) is 24.3 Å². The largest absolute Gasteiger partial charge is 0.527 e. The van der Waals surface area contributed by atoms with Crippen molar-refractivity contribution in [2.45, 2.75) is 119 Å². The van der Waals surface area contributed by atoms with Crippen LogP contribution in [-0.2, 0) is 32.0 Å². The van der Waals surface area contributed by atoms with Crippen LogP contribution in [0.2, 0.25) is 0 Å². The quantitative estimate of drug-likeness (QED) is 0.152. The molecule has 0 aliphatic heterocycles. The van der Waals surface area contributed by atoms with Crippen molar-refractivity contribution >= 4 is 46.2 Å². The number of carbonyl (C=O) groups excluding carboxylic acids is 4. The van der Waals surface area contributed by atoms with Gasteiger partial charge in [-0.2, -0.15) is 19.2 Å². The first-order valence-electron chi connectivity index (χ1n) is 16.0. The fourth-order valence-corrected chi connectivity index (χ4v) is 4.53. The smallest absolute Gasteiger partial charge is 0.414 e. The monoisotopic (exact) mass is 668 g/mol. The van der Waals surface area contributed by atoms with Gasteiger partial charge >= 0.3 is 24.4 Å². The van der Waals surface area contributed by atoms with Gasteiger partial charge in [-0.3, -0.25) is 0 Å². The van der Waals surface area contributed by atoms with Gasteiger partial charge < -0.3 is 18.9 Å². The molecular formula is C36H52N4O8+2. The second-order valence-electron chi connectivity index (χ2n) is 16.4. The Labute approximate surface area is 283 Å². The Hall–Kier alpha value is -4.16. The fourth-order valence-electron chi connectivity index (χ4n) is 4.53. The molecular weight excluding hydrogens is 616 g/mol. The van der Waals surface area contributed by atoms with Crippen molar-refractivity contribution in [2.24, 2.45) is 0 Å². The molecule has 0 spiro atoms. The van der Waals surface area contributed by atoms with Crippen molar-refractivity contribution in [1.82, 2.24) is 9.97 Å². The molecule has 4 amide bonds. The lowest BCUT2D eigenvalue weighted by Crippen LogP contribution is -2.56. The lowest BCUT2D eigenvalue weighted by molar-refractivity contribution is -0.781. The molecule has 0 fully saturated rings. The molecule has 0 saturated carbocycles. The molecule has 3 rings (SSSR count). The van der Waals surface area contributed by atoms with E-state index in [0.717, 1.165) is 10.8 Å². The van der Waals surface area contributed by atoms with Gasteiger partial charge in [-0.05, 0) is 95.2 Å². The van der Waals surface area contributed by atoms with Crippen LogP contribution in [0.25, 0.3) is 21.8 Å². The Kier molecular flexibility index (Phi) is 10.4. The van der Waals surface area contributed by atoms with Crippen molar-refractivity contribution in [2.75, 3.05) is 14.1 Å². The Morgan fingerprint density at radius 2 is 0.708 bits per heavy atom. The van der Waals surface area contributed by atoms with Crippen LogP contribution in [0.4, 0.5) is 19.2 Å². The van der Waals surface area contributed by atoms with Crippen LogP contribution in [0.1, 0.15) is 94.5 Å². The molecule has 0 unspecified atom stereocenters. The molecule has 0 bridgehead atoms. The summed E-state index contributed by atoms with van der Waals surface area (Å²) in [5.41, 5.74) is -1.54. The summed E-state index contributed by atoms with van der Waals surface area (Å²) in [5, 5.41) is 1.52. The van der Waals surface area contributed by atoms with E-state index in [4.69, 9.17) is 28.9 Å². The summed E-state index contributed by atoms with van der Waals surface area (Å²) in [6, 6.07) is 10.9. The number of nitrogens with zero attached hydrogens (tertiary/aromatic N) is 4. The summed E-state index contributed by atoms with van der Waals surface area (Å²) in [6.45, 7) is 20.4. The molecule has 0 radical (unpaired) electrons. The van der Waals surface area contributed by atoms with Crippen molar-refractivity contribution < 1.29 is 47.1 Å². The minimum absolute atomic E-state index is 0.151. The highest BCUT2D eigenvalue weighted by atomic mass is 16.6. The van der Waals surface area contributed by atoms with Crippen LogP contribution in [0.15, 0.2) is 36.4 Å². The highest BCUT2D eigenvalue weighted by Crippen LogP contribution is 2.28. The van der Waals surface area contributed by atoms with Crippen LogP contribution in [0, 0.1) is 0 Å². The zero-order valence-electron chi connectivity index (χ0n) is 30.9. The van der Waals surface area contributed by atoms with Crippen molar-refractivity contribution in [3.63, 3.8) is 0 Å². The molecule has 12 nitrogen and oxygen atoms in total. The predicted molar refractivity (Wildman–Crippen MR) is 182 cm³/mol. The van der Waals surface area contributed by atoms with E-state index in [0.29, 0.717) is 22.4 Å². The summed E-state index contributed by atoms with van der Waals surface area (Å²) in [5.74, 6) is 0. The molecule has 0 aliphatic rings. The minimum atomic E-state index is -0.850. The SMILES string of the molecule is CC(C)(C)OC(=O)[N+](C)(Cc1ccc2ccc3ccc(C[N+](C)(C(=O)OC(C)(C)C)C(=O)OC(C)(C)C)nc3c2n1)C(=O)OC(C)(C)C. The summed E-state index contributed by atoms with van der Waals surface area (Å²) < 4.78 is 20.9. The Bertz CT molecular complexity index is 1540. The zero-order chi connectivity index (χ0) is 36.7. The topological polar surface area (TPSA) is 131 Å². The Balaban J connectivity index is 2.13. The molecule has 48 heavy (non-hydrogen) atoms. The number of quaternary nitrogens is 2. The number of pyridine rings is 2. The number of imide groups is 2. The normalized spacial score (nSPS) is 13.3. The molecule has 0 N–H and O–H groups in total. The van der Waals surface area contributed by atoms with Gasteiger partial charge in [0.2, 0.25) is 0 Å². The first-order valence-corrected chi connectivity index (χ1v) is 16.0. The average molecular weight is 669 g/mol. The number of carbonyl (C=O) groups is 4. The maximum Gasteiger partial charge on any atom is 0.527 e. The highest BCUT2D eigenvalue weighted by molar-refractivity contribution is 6.02. The lowest BCUT2D eigenvalue weighted by atomic mass is 10.1. The number of hydrogen-bond donors (Lipinski definition) is 0. The van der Waals surface area contributed by atoms with Gasteiger partial charge in [0.05, 0.1) is 36.5 Å². The van der Waals surface area contributed by atoms with Crippen LogP contribution in [0.5, 0.6) is 0 Å². The van der Waals surface area contributed by atoms with Crippen LogP contribution in [-0.4, -0.2) is 79.8 Å². The third kappa shape index (κ3) is 9.70. The molecule has 262 valence electrons. The maximum absolute atomic E-state index is 13.5. The lowest BCUT2D eigenvalue weighted by Gasteiger charge is -2.32. The fraction of sp³-hybridized carbons (Fsp3) is 0.556. The molecule has 0 aliphatic carbocycles. The van der Waals surface area contributed by atoms with E-state index in [1.165, 1.54) is 14.1 Å². The van der Waals surface area contributed by atoms with E-state index >= 15 is 0 Å². The number of benzene rings is 1. The Morgan fingerprint density at radius 3 is 0.938 bits per heavy atom. The number of fused-ring (bicyclic) bond motifs is 3. The Morgan fingerprint density at radius 1 is 0.479 bits per heavy atom. The third-order valence-corrected chi connectivity index (χ3v) is 6.78. The standard InChI is InChI=1S/C36H52N4O8/c1-33(2,3)45-29(41)39(13,30(42)46-34(4,5)6)21-25-19-17-23-15-16-24-18-20-26(38-28(24)27(23)37-25)22-40(14,31(43)47-35(7,8)9)32(44)48-36(10,11)12/h15-20H,21-22H2,1-14H3/q+2. The third-order valence-electron chi connectivity index (χ3n) is 6.78. The summed E-state index contributed by atoms with van der Waals surface area (Å²) >= 11 is 0. The van der Waals surface area contributed by atoms with Crippen molar-refractivity contribution in [3.05, 3.63) is 47.8 Å². The van der Waals surface area contributed by atoms with E-state index in [9.17, 15) is 19.2 Å². The summed E-state index contributed by atoms with van der Waals surface area (Å²) in [4.78, 5) is 63.7. The van der Waals surface area contributed by atoms with Crippen LogP contribution < -0.4 is 0 Å². The average Bonchev–Trinajstić information content (AvgIpc) is 2.89. The molecule has 2 heterocycles. The van der Waals surface area contributed by atoms with Crippen molar-refractivity contribution in [3.8, 4) is 0 Å². The number of amides is 4. The van der Waals surface area contributed by atoms with Gasteiger partial charge in [0.25, 0.3) is 0 Å². The van der Waals surface area contributed by atoms with E-state index in [1.54, 1.807) is 95.2 Å². The van der Waals surface area contributed by atoms with E-state index in [2.05, 4.69) is 0 Å². The summed E-state index contributed by atoms with van der Waals surface area (Å²) in [7, 11) is 2.89. The molecule has 12 heteroatoms. The second kappa shape index (κ2) is 13.0. The van der Waals surface area contributed by atoms with Gasteiger partial charge in [0.15, 0.2) is 0 Å². The number of aromatic nitrogens is 2. The highest BCUT2D eigenvalue weighted by Gasteiger charge is 2.49. The van der Waals surface area contributed by atoms with E-state index in [-0.39, 0.29) is 13.1 Å². The first-order chi connectivity index (χ1) is 21.6. The van der Waals surface area contributed by atoms with Crippen LogP contribution in [0.3, 0.4) is 0 Å². The number of ether oxygens (including phenoxy) is 4. The van der Waals surface area contributed by atoms with E-state index < -0.39 is 55.7 Å².